The van der Waals surface area contributed by atoms with Gasteiger partial charge in [-0.05, 0) is 62.8 Å². The summed E-state index contributed by atoms with van der Waals surface area (Å²) < 4.78 is 1.13. The summed E-state index contributed by atoms with van der Waals surface area (Å²) >= 11 is 3.52. The first-order valence-corrected chi connectivity index (χ1v) is 9.05. The van der Waals surface area contributed by atoms with Gasteiger partial charge in [-0.15, -0.1) is 0 Å². The van der Waals surface area contributed by atoms with Crippen LogP contribution in [0.15, 0.2) is 28.7 Å². The first-order valence-electron chi connectivity index (χ1n) is 8.26. The van der Waals surface area contributed by atoms with E-state index in [1.165, 1.54) is 31.2 Å². The van der Waals surface area contributed by atoms with E-state index in [1.807, 2.05) is 0 Å². The van der Waals surface area contributed by atoms with Gasteiger partial charge in [-0.3, -0.25) is 4.90 Å². The summed E-state index contributed by atoms with van der Waals surface area (Å²) in [7, 11) is 2.27. The first-order chi connectivity index (χ1) is 10.0. The summed E-state index contributed by atoms with van der Waals surface area (Å²) in [6, 6.07) is 9.87. The molecule has 21 heavy (non-hydrogen) atoms. The van der Waals surface area contributed by atoms with Gasteiger partial charge in [0.05, 0.1) is 0 Å². The third-order valence-electron chi connectivity index (χ3n) is 5.09. The Bertz CT molecular complexity index is 423. The molecule has 2 rings (SSSR count). The monoisotopic (exact) mass is 352 g/mol. The topological polar surface area (TPSA) is 29.3 Å². The van der Waals surface area contributed by atoms with Gasteiger partial charge in [-0.25, -0.2) is 0 Å². The molecule has 0 aromatic heterocycles. The van der Waals surface area contributed by atoms with Crippen molar-refractivity contribution in [1.29, 1.82) is 0 Å². The molecular weight excluding hydrogens is 324 g/mol. The SMILES string of the molecule is CCC(N)C(c1ccc(Br)cc1)N(C)C1CCC(C)CC1. The largest absolute Gasteiger partial charge is 0.326 e. The normalized spacial score (nSPS) is 25.8. The molecule has 2 atom stereocenters. The van der Waals surface area contributed by atoms with E-state index < -0.39 is 0 Å². The molecule has 2 N–H and O–H groups in total. The molecule has 1 aromatic carbocycles. The smallest absolute Gasteiger partial charge is 0.0498 e. The second-order valence-electron chi connectivity index (χ2n) is 6.65. The van der Waals surface area contributed by atoms with Gasteiger partial charge in [-0.2, -0.15) is 0 Å². The van der Waals surface area contributed by atoms with E-state index in [-0.39, 0.29) is 6.04 Å². The summed E-state index contributed by atoms with van der Waals surface area (Å²) in [5, 5.41) is 0. The lowest BCUT2D eigenvalue weighted by molar-refractivity contribution is 0.107. The van der Waals surface area contributed by atoms with E-state index in [4.69, 9.17) is 5.73 Å². The average molecular weight is 353 g/mol. The molecule has 1 saturated carbocycles. The number of rotatable bonds is 5. The molecule has 3 heteroatoms. The van der Waals surface area contributed by atoms with Gasteiger partial charge in [0.15, 0.2) is 0 Å². The van der Waals surface area contributed by atoms with Crippen LogP contribution in [0, 0.1) is 5.92 Å². The molecule has 2 nitrogen and oxygen atoms in total. The van der Waals surface area contributed by atoms with Crippen molar-refractivity contribution in [3.63, 3.8) is 0 Å². The Kier molecular flexibility index (Phi) is 6.27. The van der Waals surface area contributed by atoms with E-state index in [9.17, 15) is 0 Å². The maximum Gasteiger partial charge on any atom is 0.0498 e. The zero-order chi connectivity index (χ0) is 15.4. The highest BCUT2D eigenvalue weighted by atomic mass is 79.9. The lowest BCUT2D eigenvalue weighted by Crippen LogP contribution is -2.45. The number of halogens is 1. The Labute approximate surface area is 138 Å². The summed E-state index contributed by atoms with van der Waals surface area (Å²) in [6.45, 7) is 4.56. The minimum absolute atomic E-state index is 0.190. The van der Waals surface area contributed by atoms with Crippen molar-refractivity contribution in [3.05, 3.63) is 34.3 Å². The number of hydrogen-bond donors (Lipinski definition) is 1. The maximum atomic E-state index is 6.47. The van der Waals surface area contributed by atoms with Crippen molar-refractivity contribution < 1.29 is 0 Å². The molecule has 0 radical (unpaired) electrons. The molecule has 2 unspecified atom stereocenters. The zero-order valence-electron chi connectivity index (χ0n) is 13.6. The number of nitrogens with zero attached hydrogens (tertiary/aromatic N) is 1. The Morgan fingerprint density at radius 2 is 1.76 bits per heavy atom. The molecule has 0 spiro atoms. The fraction of sp³-hybridized carbons (Fsp3) is 0.667. The number of nitrogens with two attached hydrogens (primary N) is 1. The van der Waals surface area contributed by atoms with Gasteiger partial charge in [0.1, 0.15) is 0 Å². The summed E-state index contributed by atoms with van der Waals surface area (Å²) in [5.74, 6) is 0.889. The maximum absolute atomic E-state index is 6.47. The highest BCUT2D eigenvalue weighted by Gasteiger charge is 2.30. The van der Waals surface area contributed by atoms with Crippen LogP contribution in [0.5, 0.6) is 0 Å². The molecule has 0 aliphatic heterocycles. The molecule has 118 valence electrons. The van der Waals surface area contributed by atoms with Gasteiger partial charge in [-0.1, -0.05) is 41.9 Å². The van der Waals surface area contributed by atoms with E-state index in [0.29, 0.717) is 12.1 Å². The molecule has 1 aliphatic carbocycles. The van der Waals surface area contributed by atoms with Crippen LogP contribution >= 0.6 is 15.9 Å². The van der Waals surface area contributed by atoms with Crippen LogP contribution in [0.3, 0.4) is 0 Å². The van der Waals surface area contributed by atoms with Crippen molar-refractivity contribution >= 4 is 15.9 Å². The Morgan fingerprint density at radius 1 is 1.19 bits per heavy atom. The lowest BCUT2D eigenvalue weighted by Gasteiger charge is -2.41. The van der Waals surface area contributed by atoms with E-state index in [1.54, 1.807) is 0 Å². The third-order valence-corrected chi connectivity index (χ3v) is 5.62. The second-order valence-corrected chi connectivity index (χ2v) is 7.56. The summed E-state index contributed by atoms with van der Waals surface area (Å²) in [4.78, 5) is 2.54. The van der Waals surface area contributed by atoms with Crippen LogP contribution in [-0.4, -0.2) is 24.0 Å². The lowest BCUT2D eigenvalue weighted by atomic mass is 9.85. The molecular formula is C18H29BrN2. The summed E-state index contributed by atoms with van der Waals surface area (Å²) in [5.41, 5.74) is 7.81. The van der Waals surface area contributed by atoms with E-state index >= 15 is 0 Å². The Hall–Kier alpha value is -0.380. The average Bonchev–Trinajstić information content (AvgIpc) is 2.49. The standard InChI is InChI=1S/C18H29BrN2/c1-4-17(20)18(14-7-9-15(19)10-8-14)21(3)16-11-5-13(2)6-12-16/h7-10,13,16-18H,4-6,11-12,20H2,1-3H3. The van der Waals surface area contributed by atoms with Gasteiger partial charge in [0.2, 0.25) is 0 Å². The minimum Gasteiger partial charge on any atom is -0.326 e. The molecule has 0 saturated heterocycles. The summed E-state index contributed by atoms with van der Waals surface area (Å²) in [6.07, 6.45) is 6.32. The molecule has 1 aromatic rings. The highest BCUT2D eigenvalue weighted by molar-refractivity contribution is 9.10. The number of likely N-dealkylation sites (N-methyl/N-ethyl adjacent to an activating group) is 1. The van der Waals surface area contributed by atoms with Crippen molar-refractivity contribution in [2.45, 2.75) is 64.1 Å². The fourth-order valence-corrected chi connectivity index (χ4v) is 3.81. The van der Waals surface area contributed by atoms with E-state index in [2.05, 4.69) is 66.0 Å². The highest BCUT2D eigenvalue weighted by Crippen LogP contribution is 2.33. The van der Waals surface area contributed by atoms with Crippen LogP contribution in [-0.2, 0) is 0 Å². The van der Waals surface area contributed by atoms with Crippen LogP contribution < -0.4 is 5.73 Å². The van der Waals surface area contributed by atoms with Crippen molar-refractivity contribution in [2.75, 3.05) is 7.05 Å². The second kappa shape index (κ2) is 7.75. The van der Waals surface area contributed by atoms with Gasteiger partial charge in [0, 0.05) is 22.6 Å². The third kappa shape index (κ3) is 4.30. The molecule has 1 aliphatic rings. The number of hydrogen-bond acceptors (Lipinski definition) is 2. The van der Waals surface area contributed by atoms with Gasteiger partial charge in [0.25, 0.3) is 0 Å². The first kappa shape index (κ1) is 17.0. The molecule has 0 amide bonds. The quantitative estimate of drug-likeness (QED) is 0.829. The van der Waals surface area contributed by atoms with Crippen LogP contribution in [0.2, 0.25) is 0 Å². The Balaban J connectivity index is 2.17. The Morgan fingerprint density at radius 3 is 2.29 bits per heavy atom. The van der Waals surface area contributed by atoms with Crippen molar-refractivity contribution in [2.24, 2.45) is 11.7 Å². The minimum atomic E-state index is 0.190. The van der Waals surface area contributed by atoms with Gasteiger partial charge < -0.3 is 5.73 Å². The van der Waals surface area contributed by atoms with E-state index in [0.717, 1.165) is 16.8 Å². The molecule has 0 heterocycles. The van der Waals surface area contributed by atoms with Crippen LogP contribution in [0.4, 0.5) is 0 Å². The predicted molar refractivity (Wildman–Crippen MR) is 94.3 cm³/mol. The zero-order valence-corrected chi connectivity index (χ0v) is 15.1. The fourth-order valence-electron chi connectivity index (χ4n) is 3.54. The van der Waals surface area contributed by atoms with Crippen LogP contribution in [0.1, 0.15) is 57.6 Å². The van der Waals surface area contributed by atoms with Crippen molar-refractivity contribution in [1.82, 2.24) is 4.90 Å². The van der Waals surface area contributed by atoms with Gasteiger partial charge >= 0.3 is 0 Å². The number of benzene rings is 1. The van der Waals surface area contributed by atoms with Crippen molar-refractivity contribution in [3.8, 4) is 0 Å². The predicted octanol–water partition coefficient (Wildman–Crippen LogP) is 4.74. The van der Waals surface area contributed by atoms with Crippen LogP contribution in [0.25, 0.3) is 0 Å². The molecule has 1 fully saturated rings. The molecule has 0 bridgehead atoms.